The Balaban J connectivity index is 2.69. The Labute approximate surface area is 129 Å². The van der Waals surface area contributed by atoms with E-state index in [2.05, 4.69) is 13.8 Å². The molecule has 0 unspecified atom stereocenters. The normalized spacial score (nSPS) is 26.7. The summed E-state index contributed by atoms with van der Waals surface area (Å²) in [7, 11) is -1.27. The molecule has 4 atom stereocenters. The number of sulfone groups is 1. The van der Waals surface area contributed by atoms with Gasteiger partial charge in [0, 0.05) is 24.4 Å². The van der Waals surface area contributed by atoms with Gasteiger partial charge in [0.2, 0.25) is 5.91 Å². The molecule has 0 radical (unpaired) electrons. The van der Waals surface area contributed by atoms with Crippen LogP contribution in [0.5, 0.6) is 0 Å². The number of piperidine rings is 1. The van der Waals surface area contributed by atoms with E-state index in [1.807, 2.05) is 23.8 Å². The Morgan fingerprint density at radius 1 is 1.24 bits per heavy atom. The van der Waals surface area contributed by atoms with Crippen molar-refractivity contribution in [3.05, 3.63) is 0 Å². The molecule has 5 nitrogen and oxygen atoms in total. The Morgan fingerprint density at radius 2 is 1.71 bits per heavy atom. The predicted molar refractivity (Wildman–Crippen MR) is 86.0 cm³/mol. The van der Waals surface area contributed by atoms with Crippen LogP contribution in [0.1, 0.15) is 47.0 Å². The van der Waals surface area contributed by atoms with Crippen molar-refractivity contribution in [2.75, 3.05) is 19.8 Å². The van der Waals surface area contributed by atoms with Crippen LogP contribution in [0.25, 0.3) is 0 Å². The molecule has 1 aliphatic heterocycles. The Hall–Kier alpha value is -0.620. The summed E-state index contributed by atoms with van der Waals surface area (Å²) in [6, 6.07) is 0.369. The van der Waals surface area contributed by atoms with Gasteiger partial charge >= 0.3 is 0 Å². The molecule has 0 spiro atoms. The first-order valence-corrected chi connectivity index (χ1v) is 9.71. The number of rotatable bonds is 5. The zero-order valence-electron chi connectivity index (χ0n) is 14.2. The molecule has 21 heavy (non-hydrogen) atoms. The molecule has 6 heteroatoms. The van der Waals surface area contributed by atoms with Gasteiger partial charge in [-0.15, -0.1) is 0 Å². The molecule has 0 aromatic heterocycles. The zero-order chi connectivity index (χ0) is 16.4. The van der Waals surface area contributed by atoms with Crippen molar-refractivity contribution < 1.29 is 13.2 Å². The van der Waals surface area contributed by atoms with E-state index < -0.39 is 15.1 Å². The molecule has 1 amide bonds. The van der Waals surface area contributed by atoms with Crippen molar-refractivity contribution in [1.29, 1.82) is 0 Å². The number of nitrogens with zero attached hydrogens (tertiary/aromatic N) is 2. The zero-order valence-corrected chi connectivity index (χ0v) is 15.0. The molecule has 0 bridgehead atoms. The number of amides is 1. The number of hydrogen-bond acceptors (Lipinski definition) is 4. The summed E-state index contributed by atoms with van der Waals surface area (Å²) < 4.78 is 23.3. The molecule has 0 aromatic carbocycles. The van der Waals surface area contributed by atoms with Gasteiger partial charge in [0.25, 0.3) is 0 Å². The monoisotopic (exact) mass is 318 g/mol. The average molecular weight is 318 g/mol. The summed E-state index contributed by atoms with van der Waals surface area (Å²) in [5.41, 5.74) is 0. The van der Waals surface area contributed by atoms with E-state index in [-0.39, 0.29) is 30.6 Å². The summed E-state index contributed by atoms with van der Waals surface area (Å²) in [5, 5.41) is -0.480. The maximum absolute atomic E-state index is 12.5. The van der Waals surface area contributed by atoms with Gasteiger partial charge in [-0.1, -0.05) is 0 Å². The molecular formula is C15H30N2O3S. The highest BCUT2D eigenvalue weighted by Gasteiger charge is 2.31. The van der Waals surface area contributed by atoms with Crippen molar-refractivity contribution in [2.24, 2.45) is 0 Å². The minimum absolute atomic E-state index is 0.102. The highest BCUT2D eigenvalue weighted by atomic mass is 32.2. The molecule has 1 heterocycles. The standard InChI is InChI=1S/C15H30N2O3S/c1-11-8-7-9-12(2)17(11)15(18)10-16(5)13(3)14(4)21(6,19)20/h11-14H,7-10H2,1-6H3/t11-,12-,13-,14-/m0/s1. The second-order valence-electron chi connectivity index (χ2n) is 6.62. The molecular weight excluding hydrogens is 288 g/mol. The van der Waals surface area contributed by atoms with Gasteiger partial charge in [-0.25, -0.2) is 8.42 Å². The largest absolute Gasteiger partial charge is 0.336 e. The van der Waals surface area contributed by atoms with Gasteiger partial charge < -0.3 is 4.90 Å². The summed E-state index contributed by atoms with van der Waals surface area (Å²) >= 11 is 0. The van der Waals surface area contributed by atoms with Gasteiger partial charge in [0.1, 0.15) is 0 Å². The van der Waals surface area contributed by atoms with Crippen molar-refractivity contribution in [3.8, 4) is 0 Å². The smallest absolute Gasteiger partial charge is 0.237 e. The van der Waals surface area contributed by atoms with Gasteiger partial charge in [-0.05, 0) is 54.0 Å². The van der Waals surface area contributed by atoms with Gasteiger partial charge in [0.05, 0.1) is 11.8 Å². The molecule has 1 rings (SSSR count). The minimum Gasteiger partial charge on any atom is -0.336 e. The van der Waals surface area contributed by atoms with Crippen molar-refractivity contribution in [3.63, 3.8) is 0 Å². The minimum atomic E-state index is -3.10. The lowest BCUT2D eigenvalue weighted by molar-refractivity contribution is -0.138. The highest BCUT2D eigenvalue weighted by Crippen LogP contribution is 2.23. The highest BCUT2D eigenvalue weighted by molar-refractivity contribution is 7.91. The quantitative estimate of drug-likeness (QED) is 0.771. The van der Waals surface area contributed by atoms with Crippen LogP contribution in [-0.2, 0) is 14.6 Å². The second kappa shape index (κ2) is 7.09. The van der Waals surface area contributed by atoms with Crippen molar-refractivity contribution in [2.45, 2.75) is 70.3 Å². The third-order valence-corrected chi connectivity index (χ3v) is 6.66. The molecule has 1 aliphatic rings. The van der Waals surface area contributed by atoms with E-state index in [0.717, 1.165) is 12.8 Å². The second-order valence-corrected chi connectivity index (χ2v) is 9.02. The molecule has 0 aliphatic carbocycles. The maximum Gasteiger partial charge on any atom is 0.237 e. The number of carbonyl (C=O) groups excluding carboxylic acids is 1. The van der Waals surface area contributed by atoms with Crippen LogP contribution in [0, 0.1) is 0 Å². The first-order chi connectivity index (χ1) is 9.55. The van der Waals surface area contributed by atoms with E-state index in [9.17, 15) is 13.2 Å². The number of carbonyl (C=O) groups is 1. The lowest BCUT2D eigenvalue weighted by atomic mass is 9.97. The van der Waals surface area contributed by atoms with E-state index in [1.165, 1.54) is 12.7 Å². The van der Waals surface area contributed by atoms with Gasteiger partial charge in [-0.2, -0.15) is 0 Å². The van der Waals surface area contributed by atoms with Crippen LogP contribution in [0.15, 0.2) is 0 Å². The van der Waals surface area contributed by atoms with E-state index in [4.69, 9.17) is 0 Å². The Morgan fingerprint density at radius 3 is 2.14 bits per heavy atom. The van der Waals surface area contributed by atoms with Crippen molar-refractivity contribution >= 4 is 15.7 Å². The van der Waals surface area contributed by atoms with Crippen LogP contribution in [0.3, 0.4) is 0 Å². The van der Waals surface area contributed by atoms with Crippen LogP contribution < -0.4 is 0 Å². The SMILES string of the molecule is C[C@@H]([C@H](C)S(C)(=O)=O)N(C)CC(=O)N1[C@@H](C)CCC[C@@H]1C. The van der Waals surface area contributed by atoms with E-state index >= 15 is 0 Å². The van der Waals surface area contributed by atoms with E-state index in [1.54, 1.807) is 6.92 Å². The molecule has 1 fully saturated rings. The summed E-state index contributed by atoms with van der Waals surface area (Å²) in [4.78, 5) is 16.4. The Bertz CT molecular complexity index is 454. The third kappa shape index (κ3) is 4.68. The molecule has 0 saturated carbocycles. The topological polar surface area (TPSA) is 57.7 Å². The van der Waals surface area contributed by atoms with Crippen LogP contribution >= 0.6 is 0 Å². The summed E-state index contributed by atoms with van der Waals surface area (Å²) in [6.45, 7) is 8.02. The van der Waals surface area contributed by atoms with E-state index in [0.29, 0.717) is 0 Å². The number of likely N-dealkylation sites (N-methyl/N-ethyl adjacent to an activating group) is 1. The lowest BCUT2D eigenvalue weighted by Crippen LogP contribution is -2.52. The molecule has 0 N–H and O–H groups in total. The van der Waals surface area contributed by atoms with Gasteiger partial charge in [-0.3, -0.25) is 9.69 Å². The first-order valence-electron chi connectivity index (χ1n) is 7.76. The number of likely N-dealkylation sites (tertiary alicyclic amines) is 1. The average Bonchev–Trinajstić information content (AvgIpc) is 2.35. The summed E-state index contributed by atoms with van der Waals surface area (Å²) in [6.07, 6.45) is 4.52. The molecule has 1 saturated heterocycles. The number of hydrogen-bond donors (Lipinski definition) is 0. The predicted octanol–water partition coefficient (Wildman–Crippen LogP) is 1.53. The molecule has 0 aromatic rings. The fourth-order valence-electron chi connectivity index (χ4n) is 3.07. The summed E-state index contributed by atoms with van der Waals surface area (Å²) in [5.74, 6) is 0.102. The Kier molecular flexibility index (Phi) is 6.23. The van der Waals surface area contributed by atoms with Gasteiger partial charge in [0.15, 0.2) is 9.84 Å². The van der Waals surface area contributed by atoms with Crippen LogP contribution in [-0.4, -0.2) is 67.3 Å². The fraction of sp³-hybridized carbons (Fsp3) is 0.933. The first kappa shape index (κ1) is 18.4. The third-order valence-electron chi connectivity index (χ3n) is 4.92. The van der Waals surface area contributed by atoms with Crippen LogP contribution in [0.2, 0.25) is 0 Å². The van der Waals surface area contributed by atoms with Crippen LogP contribution in [0.4, 0.5) is 0 Å². The molecule has 124 valence electrons. The van der Waals surface area contributed by atoms with Crippen molar-refractivity contribution in [1.82, 2.24) is 9.80 Å². The fourth-order valence-corrected chi connectivity index (χ4v) is 3.99. The maximum atomic E-state index is 12.5. The lowest BCUT2D eigenvalue weighted by Gasteiger charge is -2.40.